The standard InChI is InChI=1S/C13H15FN2O5/c1-21-12(17)8-5-10(11(16(19)20)6-9(8)14)15-7-13(18)3-2-4-13/h5-6,15,18H,2-4,7H2,1H3. The smallest absolute Gasteiger partial charge is 0.340 e. The van der Waals surface area contributed by atoms with E-state index in [1.807, 2.05) is 0 Å². The molecule has 0 bridgehead atoms. The van der Waals surface area contributed by atoms with Crippen molar-refractivity contribution in [3.05, 3.63) is 33.6 Å². The van der Waals surface area contributed by atoms with Crippen molar-refractivity contribution in [2.45, 2.75) is 24.9 Å². The Morgan fingerprint density at radius 1 is 1.57 bits per heavy atom. The molecule has 1 aromatic carbocycles. The second kappa shape index (κ2) is 5.65. The maximum atomic E-state index is 13.7. The topological polar surface area (TPSA) is 102 Å². The molecule has 1 fully saturated rings. The van der Waals surface area contributed by atoms with Gasteiger partial charge < -0.3 is 15.2 Å². The summed E-state index contributed by atoms with van der Waals surface area (Å²) in [6, 6.07) is 1.70. The quantitative estimate of drug-likeness (QED) is 0.488. The number of hydrogen-bond donors (Lipinski definition) is 2. The lowest BCUT2D eigenvalue weighted by Gasteiger charge is -2.36. The molecule has 0 amide bonds. The number of ether oxygens (including phenoxy) is 1. The molecule has 2 rings (SSSR count). The van der Waals surface area contributed by atoms with E-state index in [4.69, 9.17) is 0 Å². The van der Waals surface area contributed by atoms with Gasteiger partial charge in [-0.05, 0) is 25.3 Å². The van der Waals surface area contributed by atoms with Crippen LogP contribution in [0.5, 0.6) is 0 Å². The first kappa shape index (κ1) is 15.2. The highest BCUT2D eigenvalue weighted by molar-refractivity contribution is 5.91. The minimum absolute atomic E-state index is 0.0258. The van der Waals surface area contributed by atoms with Gasteiger partial charge in [-0.15, -0.1) is 0 Å². The Balaban J connectivity index is 2.31. The third-order valence-electron chi connectivity index (χ3n) is 3.58. The van der Waals surface area contributed by atoms with Crippen LogP contribution < -0.4 is 5.32 Å². The summed E-state index contributed by atoms with van der Waals surface area (Å²) in [7, 11) is 1.09. The minimum Gasteiger partial charge on any atom is -0.465 e. The number of nitrogens with zero attached hydrogens (tertiary/aromatic N) is 1. The number of aliphatic hydroxyl groups is 1. The second-order valence-electron chi connectivity index (χ2n) is 5.03. The molecule has 2 N–H and O–H groups in total. The molecule has 0 aromatic heterocycles. The average Bonchev–Trinajstić information content (AvgIpc) is 2.42. The summed E-state index contributed by atoms with van der Waals surface area (Å²) >= 11 is 0. The molecule has 8 heteroatoms. The van der Waals surface area contributed by atoms with Gasteiger partial charge in [0.15, 0.2) is 0 Å². The maximum Gasteiger partial charge on any atom is 0.340 e. The van der Waals surface area contributed by atoms with E-state index < -0.39 is 33.6 Å². The zero-order valence-corrected chi connectivity index (χ0v) is 11.4. The van der Waals surface area contributed by atoms with Crippen molar-refractivity contribution in [3.63, 3.8) is 0 Å². The van der Waals surface area contributed by atoms with Crippen molar-refractivity contribution in [1.82, 2.24) is 0 Å². The van der Waals surface area contributed by atoms with Gasteiger partial charge in [0.25, 0.3) is 5.69 Å². The van der Waals surface area contributed by atoms with E-state index in [0.29, 0.717) is 18.9 Å². The Morgan fingerprint density at radius 2 is 2.24 bits per heavy atom. The van der Waals surface area contributed by atoms with Crippen LogP contribution in [0, 0.1) is 15.9 Å². The number of methoxy groups -OCH3 is 1. The Morgan fingerprint density at radius 3 is 2.71 bits per heavy atom. The summed E-state index contributed by atoms with van der Waals surface area (Å²) in [5, 5.41) is 23.7. The van der Waals surface area contributed by atoms with E-state index in [0.717, 1.165) is 19.6 Å². The summed E-state index contributed by atoms with van der Waals surface area (Å²) in [6.45, 7) is 0.0973. The van der Waals surface area contributed by atoms with Crippen LogP contribution >= 0.6 is 0 Å². The normalized spacial score (nSPS) is 16.0. The fraction of sp³-hybridized carbons (Fsp3) is 0.462. The number of nitro benzene ring substituents is 1. The van der Waals surface area contributed by atoms with Gasteiger partial charge in [-0.3, -0.25) is 10.1 Å². The first-order chi connectivity index (χ1) is 9.86. The van der Waals surface area contributed by atoms with Gasteiger partial charge in [-0.2, -0.15) is 0 Å². The molecule has 0 spiro atoms. The summed E-state index contributed by atoms with van der Waals surface area (Å²) in [6.07, 6.45) is 2.08. The molecule has 21 heavy (non-hydrogen) atoms. The molecule has 1 aliphatic carbocycles. The van der Waals surface area contributed by atoms with Crippen LogP contribution in [0.25, 0.3) is 0 Å². The number of halogens is 1. The van der Waals surface area contributed by atoms with Crippen LogP contribution in [0.2, 0.25) is 0 Å². The van der Waals surface area contributed by atoms with Gasteiger partial charge in [-0.1, -0.05) is 0 Å². The second-order valence-corrected chi connectivity index (χ2v) is 5.03. The van der Waals surface area contributed by atoms with Crippen LogP contribution in [0.4, 0.5) is 15.8 Å². The van der Waals surface area contributed by atoms with Crippen LogP contribution in [0.3, 0.4) is 0 Å². The summed E-state index contributed by atoms with van der Waals surface area (Å²) in [4.78, 5) is 21.6. The summed E-state index contributed by atoms with van der Waals surface area (Å²) < 4.78 is 18.1. The van der Waals surface area contributed by atoms with Gasteiger partial charge in [0.1, 0.15) is 11.5 Å². The predicted molar refractivity (Wildman–Crippen MR) is 71.7 cm³/mol. The van der Waals surface area contributed by atoms with E-state index in [1.165, 1.54) is 0 Å². The lowest BCUT2D eigenvalue weighted by Crippen LogP contribution is -2.43. The van der Waals surface area contributed by atoms with Crippen LogP contribution in [0.1, 0.15) is 29.6 Å². The van der Waals surface area contributed by atoms with E-state index in [9.17, 15) is 24.4 Å². The van der Waals surface area contributed by atoms with Crippen LogP contribution in [-0.2, 0) is 4.74 Å². The number of carbonyl (C=O) groups excluding carboxylic acids is 1. The summed E-state index contributed by atoms with van der Waals surface area (Å²) in [5.74, 6) is -1.95. The number of nitro groups is 1. The molecular formula is C13H15FN2O5. The molecule has 0 heterocycles. The minimum atomic E-state index is -1.03. The lowest BCUT2D eigenvalue weighted by molar-refractivity contribution is -0.384. The van der Waals surface area contributed by atoms with Gasteiger partial charge >= 0.3 is 5.97 Å². The third kappa shape index (κ3) is 3.10. The Hall–Kier alpha value is -2.22. The molecule has 114 valence electrons. The summed E-state index contributed by atoms with van der Waals surface area (Å²) in [5.41, 5.74) is -1.83. The van der Waals surface area contributed by atoms with Crippen LogP contribution in [0.15, 0.2) is 12.1 Å². The van der Waals surface area contributed by atoms with E-state index in [-0.39, 0.29) is 12.2 Å². The highest BCUT2D eigenvalue weighted by Gasteiger charge is 2.34. The van der Waals surface area contributed by atoms with E-state index in [2.05, 4.69) is 10.1 Å². The number of hydrogen-bond acceptors (Lipinski definition) is 6. The zero-order valence-electron chi connectivity index (χ0n) is 11.4. The van der Waals surface area contributed by atoms with Gasteiger partial charge in [0.05, 0.1) is 29.3 Å². The van der Waals surface area contributed by atoms with E-state index in [1.54, 1.807) is 0 Å². The van der Waals surface area contributed by atoms with Gasteiger partial charge in [0, 0.05) is 6.54 Å². The SMILES string of the molecule is COC(=O)c1cc(NCC2(O)CCC2)c([N+](=O)[O-])cc1F. The van der Waals surface area contributed by atoms with Crippen molar-refractivity contribution in [1.29, 1.82) is 0 Å². The zero-order chi connectivity index (χ0) is 15.6. The maximum absolute atomic E-state index is 13.7. The van der Waals surface area contributed by atoms with Crippen molar-refractivity contribution in [2.75, 3.05) is 19.0 Å². The molecule has 0 radical (unpaired) electrons. The van der Waals surface area contributed by atoms with Crippen molar-refractivity contribution < 1.29 is 24.0 Å². The molecule has 0 saturated heterocycles. The van der Waals surface area contributed by atoms with Gasteiger partial charge in [-0.25, -0.2) is 9.18 Å². The first-order valence-electron chi connectivity index (χ1n) is 6.39. The largest absolute Gasteiger partial charge is 0.465 e. The van der Waals surface area contributed by atoms with Crippen molar-refractivity contribution in [2.24, 2.45) is 0 Å². The lowest BCUT2D eigenvalue weighted by atomic mass is 9.80. The first-order valence-corrected chi connectivity index (χ1v) is 6.39. The molecule has 7 nitrogen and oxygen atoms in total. The predicted octanol–water partition coefficient (Wildman–Crippen LogP) is 1.85. The average molecular weight is 298 g/mol. The highest BCUT2D eigenvalue weighted by atomic mass is 19.1. The van der Waals surface area contributed by atoms with Crippen molar-refractivity contribution >= 4 is 17.3 Å². The molecular weight excluding hydrogens is 283 g/mol. The number of anilines is 1. The molecule has 0 aliphatic heterocycles. The third-order valence-corrected chi connectivity index (χ3v) is 3.58. The molecule has 0 unspecified atom stereocenters. The Labute approximate surface area is 119 Å². The van der Waals surface area contributed by atoms with E-state index >= 15 is 0 Å². The molecule has 1 saturated carbocycles. The van der Waals surface area contributed by atoms with Crippen molar-refractivity contribution in [3.8, 4) is 0 Å². The Bertz CT molecular complexity index is 586. The fourth-order valence-electron chi connectivity index (χ4n) is 2.14. The number of nitrogens with one attached hydrogen (secondary N) is 1. The van der Waals surface area contributed by atoms with Gasteiger partial charge in [0.2, 0.25) is 0 Å². The number of benzene rings is 1. The highest BCUT2D eigenvalue weighted by Crippen LogP contribution is 2.34. The monoisotopic (exact) mass is 298 g/mol. The molecule has 1 aliphatic rings. The molecule has 1 aromatic rings. The van der Waals surface area contributed by atoms with Crippen LogP contribution in [-0.4, -0.2) is 35.3 Å². The Kier molecular flexibility index (Phi) is 4.08. The number of carbonyl (C=O) groups is 1. The number of rotatable bonds is 5. The number of esters is 1. The fourth-order valence-corrected chi connectivity index (χ4v) is 2.14. The molecule has 0 atom stereocenters.